The number of carboxylic acids is 1. The fraction of sp³-hybridized carbons (Fsp3) is 0.462. The number of benzene rings is 1. The fourth-order valence-corrected chi connectivity index (χ4v) is 2.12. The molecule has 3 N–H and O–H groups in total. The maximum Gasteiger partial charge on any atom is 0.335 e. The summed E-state index contributed by atoms with van der Waals surface area (Å²) in [5.74, 6) is -0.195. The smallest absolute Gasteiger partial charge is 0.335 e. The highest BCUT2D eigenvalue weighted by Gasteiger charge is 2.31. The second-order valence-electron chi connectivity index (χ2n) is 4.77. The second kappa shape index (κ2) is 4.28. The largest absolute Gasteiger partial charge is 0.478 e. The molecular weight excluding hydrogens is 216 g/mol. The molecule has 1 aliphatic carbocycles. The molecule has 1 aromatic carbocycles. The van der Waals surface area contributed by atoms with Crippen LogP contribution in [0.4, 0.5) is 11.4 Å². The van der Waals surface area contributed by atoms with E-state index in [0.717, 1.165) is 11.6 Å². The first-order valence-corrected chi connectivity index (χ1v) is 5.86. The molecule has 0 radical (unpaired) electrons. The van der Waals surface area contributed by atoms with E-state index in [-0.39, 0.29) is 5.56 Å². The predicted octanol–water partition coefficient (Wildman–Crippen LogP) is 2.20. The van der Waals surface area contributed by atoms with E-state index in [0.29, 0.717) is 11.7 Å². The standard InChI is InChI=1S/C13H18N2O2/c1-8(9-3-4-9)15(2)12-6-5-10(13(16)17)7-11(12)14/h5-9H,3-4,14H2,1-2H3,(H,16,17). The highest BCUT2D eigenvalue weighted by molar-refractivity contribution is 5.90. The molecule has 4 heteroatoms. The summed E-state index contributed by atoms with van der Waals surface area (Å²) in [5.41, 5.74) is 7.59. The third-order valence-corrected chi connectivity index (χ3v) is 3.57. The van der Waals surface area contributed by atoms with Gasteiger partial charge < -0.3 is 15.7 Å². The number of aromatic carboxylic acids is 1. The molecule has 1 aromatic rings. The summed E-state index contributed by atoms with van der Waals surface area (Å²) in [7, 11) is 2.01. The minimum Gasteiger partial charge on any atom is -0.478 e. The lowest BCUT2D eigenvalue weighted by Crippen LogP contribution is -2.31. The van der Waals surface area contributed by atoms with Crippen molar-refractivity contribution in [3.8, 4) is 0 Å². The molecule has 1 unspecified atom stereocenters. The van der Waals surface area contributed by atoms with Gasteiger partial charge in [-0.2, -0.15) is 0 Å². The van der Waals surface area contributed by atoms with Gasteiger partial charge in [0.2, 0.25) is 0 Å². The Morgan fingerprint density at radius 3 is 2.65 bits per heavy atom. The Balaban J connectivity index is 2.23. The van der Waals surface area contributed by atoms with Crippen LogP contribution in [0.1, 0.15) is 30.1 Å². The van der Waals surface area contributed by atoms with Crippen molar-refractivity contribution in [1.82, 2.24) is 0 Å². The summed E-state index contributed by atoms with van der Waals surface area (Å²) in [6, 6.07) is 5.36. The Hall–Kier alpha value is -1.71. The monoisotopic (exact) mass is 234 g/mol. The third kappa shape index (κ3) is 2.35. The van der Waals surface area contributed by atoms with Gasteiger partial charge in [-0.05, 0) is 43.9 Å². The zero-order chi connectivity index (χ0) is 12.6. The van der Waals surface area contributed by atoms with E-state index in [1.807, 2.05) is 7.05 Å². The fourth-order valence-electron chi connectivity index (χ4n) is 2.12. The van der Waals surface area contributed by atoms with Crippen LogP contribution < -0.4 is 10.6 Å². The van der Waals surface area contributed by atoms with Crippen molar-refractivity contribution in [2.75, 3.05) is 17.7 Å². The number of nitrogens with zero attached hydrogens (tertiary/aromatic N) is 1. The molecule has 1 aliphatic rings. The lowest BCUT2D eigenvalue weighted by molar-refractivity contribution is 0.0697. The molecule has 92 valence electrons. The number of rotatable bonds is 4. The lowest BCUT2D eigenvalue weighted by atomic mass is 10.1. The van der Waals surface area contributed by atoms with Crippen LogP contribution in [0.15, 0.2) is 18.2 Å². The average Bonchev–Trinajstić information content (AvgIpc) is 3.10. The number of hydrogen-bond donors (Lipinski definition) is 2. The molecule has 1 atom stereocenters. The molecule has 1 saturated carbocycles. The molecule has 0 heterocycles. The van der Waals surface area contributed by atoms with E-state index in [1.165, 1.54) is 18.9 Å². The number of carboxylic acid groups (broad SMARTS) is 1. The van der Waals surface area contributed by atoms with Crippen molar-refractivity contribution in [3.63, 3.8) is 0 Å². The van der Waals surface area contributed by atoms with E-state index >= 15 is 0 Å². The first-order valence-electron chi connectivity index (χ1n) is 5.86. The summed E-state index contributed by atoms with van der Waals surface area (Å²) in [6.45, 7) is 2.18. The molecule has 0 amide bonds. The first-order chi connectivity index (χ1) is 8.00. The third-order valence-electron chi connectivity index (χ3n) is 3.57. The zero-order valence-electron chi connectivity index (χ0n) is 10.2. The van der Waals surface area contributed by atoms with Crippen LogP contribution in [-0.2, 0) is 0 Å². The van der Waals surface area contributed by atoms with Crippen molar-refractivity contribution < 1.29 is 9.90 Å². The molecule has 1 fully saturated rings. The van der Waals surface area contributed by atoms with Crippen LogP contribution in [0, 0.1) is 5.92 Å². The van der Waals surface area contributed by atoms with Crippen LogP contribution in [0.3, 0.4) is 0 Å². The van der Waals surface area contributed by atoms with Gasteiger partial charge in [0, 0.05) is 13.1 Å². The Bertz CT molecular complexity index is 441. The maximum atomic E-state index is 10.8. The van der Waals surface area contributed by atoms with Gasteiger partial charge in [0.05, 0.1) is 16.9 Å². The van der Waals surface area contributed by atoms with Gasteiger partial charge >= 0.3 is 5.97 Å². The quantitative estimate of drug-likeness (QED) is 0.784. The Morgan fingerprint density at radius 2 is 2.18 bits per heavy atom. The van der Waals surface area contributed by atoms with E-state index in [2.05, 4.69) is 11.8 Å². The summed E-state index contributed by atoms with van der Waals surface area (Å²) < 4.78 is 0. The molecule has 0 aliphatic heterocycles. The van der Waals surface area contributed by atoms with Gasteiger partial charge in [0.25, 0.3) is 0 Å². The van der Waals surface area contributed by atoms with Crippen molar-refractivity contribution in [2.24, 2.45) is 5.92 Å². The van der Waals surface area contributed by atoms with Crippen molar-refractivity contribution in [1.29, 1.82) is 0 Å². The normalized spacial score (nSPS) is 16.6. The van der Waals surface area contributed by atoms with E-state index < -0.39 is 5.97 Å². The highest BCUT2D eigenvalue weighted by Crippen LogP contribution is 2.37. The lowest BCUT2D eigenvalue weighted by Gasteiger charge is -2.28. The van der Waals surface area contributed by atoms with E-state index in [4.69, 9.17) is 10.8 Å². The van der Waals surface area contributed by atoms with Gasteiger partial charge in [0.1, 0.15) is 0 Å². The van der Waals surface area contributed by atoms with Gasteiger partial charge in [-0.25, -0.2) is 4.79 Å². The van der Waals surface area contributed by atoms with Crippen molar-refractivity contribution >= 4 is 17.3 Å². The second-order valence-corrected chi connectivity index (χ2v) is 4.77. The van der Waals surface area contributed by atoms with E-state index in [9.17, 15) is 4.79 Å². The van der Waals surface area contributed by atoms with Crippen LogP contribution in [-0.4, -0.2) is 24.2 Å². The molecular formula is C13H18N2O2. The molecule has 4 nitrogen and oxygen atoms in total. The highest BCUT2D eigenvalue weighted by atomic mass is 16.4. The van der Waals surface area contributed by atoms with Gasteiger partial charge in [0.15, 0.2) is 0 Å². The number of anilines is 2. The predicted molar refractivity (Wildman–Crippen MR) is 68.4 cm³/mol. The summed E-state index contributed by atoms with van der Waals surface area (Å²) in [4.78, 5) is 13.0. The molecule has 0 aromatic heterocycles. The molecule has 0 bridgehead atoms. The SMILES string of the molecule is CC(C1CC1)N(C)c1ccc(C(=O)O)cc1N. The maximum absolute atomic E-state index is 10.8. The molecule has 17 heavy (non-hydrogen) atoms. The van der Waals surface area contributed by atoms with Gasteiger partial charge in [-0.1, -0.05) is 0 Å². The van der Waals surface area contributed by atoms with Crippen molar-refractivity contribution in [3.05, 3.63) is 23.8 Å². The van der Waals surface area contributed by atoms with Gasteiger partial charge in [-0.15, -0.1) is 0 Å². The Morgan fingerprint density at radius 1 is 1.53 bits per heavy atom. The van der Waals surface area contributed by atoms with Crippen LogP contribution >= 0.6 is 0 Å². The molecule has 2 rings (SSSR count). The number of hydrogen-bond acceptors (Lipinski definition) is 3. The van der Waals surface area contributed by atoms with Crippen LogP contribution in [0.25, 0.3) is 0 Å². The average molecular weight is 234 g/mol. The number of carbonyl (C=O) groups is 1. The summed E-state index contributed by atoms with van der Waals surface area (Å²) >= 11 is 0. The minimum atomic E-state index is -0.943. The first kappa shape index (κ1) is 11.8. The Kier molecular flexibility index (Phi) is 2.96. The van der Waals surface area contributed by atoms with Crippen LogP contribution in [0.2, 0.25) is 0 Å². The summed E-state index contributed by atoms with van der Waals surface area (Å²) in [5, 5.41) is 8.88. The van der Waals surface area contributed by atoms with E-state index in [1.54, 1.807) is 12.1 Å². The Labute approximate surface area is 101 Å². The summed E-state index contributed by atoms with van der Waals surface area (Å²) in [6.07, 6.45) is 2.55. The van der Waals surface area contributed by atoms with Crippen molar-refractivity contribution in [2.45, 2.75) is 25.8 Å². The number of nitrogens with two attached hydrogens (primary N) is 1. The molecule has 0 spiro atoms. The molecule has 0 saturated heterocycles. The zero-order valence-corrected chi connectivity index (χ0v) is 10.2. The number of nitrogen functional groups attached to an aromatic ring is 1. The van der Waals surface area contributed by atoms with Crippen LogP contribution in [0.5, 0.6) is 0 Å². The van der Waals surface area contributed by atoms with Gasteiger partial charge in [-0.3, -0.25) is 0 Å². The topological polar surface area (TPSA) is 66.6 Å². The minimum absolute atomic E-state index is 0.235.